The third kappa shape index (κ3) is 5.19. The van der Waals surface area contributed by atoms with Gasteiger partial charge in [-0.05, 0) is 29.8 Å². The maximum absolute atomic E-state index is 13.2. The molecule has 6 N–H and O–H groups in total. The number of benzene rings is 2. The van der Waals surface area contributed by atoms with E-state index in [0.29, 0.717) is 16.9 Å². The van der Waals surface area contributed by atoms with Crippen LogP contribution in [-0.4, -0.2) is 106 Å². The molecule has 5 rings (SSSR count). The summed E-state index contributed by atoms with van der Waals surface area (Å²) >= 11 is 0. The van der Waals surface area contributed by atoms with Gasteiger partial charge >= 0.3 is 0 Å². The lowest BCUT2D eigenvalue weighted by Crippen LogP contribution is -2.62. The van der Waals surface area contributed by atoms with Gasteiger partial charge in [-0.25, -0.2) is 0 Å². The van der Waals surface area contributed by atoms with Gasteiger partial charge in [-0.15, -0.1) is 0 Å². The molecule has 0 spiro atoms. The summed E-state index contributed by atoms with van der Waals surface area (Å²) in [4.78, 5) is 13.2. The van der Waals surface area contributed by atoms with Crippen LogP contribution in [0.2, 0.25) is 0 Å². The molecule has 2 aliphatic heterocycles. The Balaban J connectivity index is 1.40. The van der Waals surface area contributed by atoms with E-state index in [0.717, 1.165) is 0 Å². The Hall–Kier alpha value is -3.11. The van der Waals surface area contributed by atoms with E-state index >= 15 is 0 Å². The van der Waals surface area contributed by atoms with Crippen molar-refractivity contribution in [1.82, 2.24) is 0 Å². The minimum absolute atomic E-state index is 0.131. The zero-order valence-corrected chi connectivity index (χ0v) is 21.3. The quantitative estimate of drug-likeness (QED) is 0.198. The van der Waals surface area contributed by atoms with Gasteiger partial charge in [0.25, 0.3) is 0 Å². The fraction of sp³-hybridized carbons (Fsp3) is 0.444. The Morgan fingerprint density at radius 3 is 2.38 bits per heavy atom. The van der Waals surface area contributed by atoms with Crippen LogP contribution in [0.4, 0.5) is 0 Å². The standard InChI is InChI=1S/C27H30O13/c1-35-14-4-2-13(3-5-14)17-10-36-18-8-15(6-7-16(18)20(17)30)38-25-23(22(32)21(31)19(9-28)39-25)40-26-24(33)27(34,11-29)12-37-26/h2-8,10,19,21-26,28-29,31-34H,9,11-12H2,1H3/t19-,21+,22+,23+,24-,25+,26+,27+/m0/s1. The zero-order chi connectivity index (χ0) is 28.6. The number of rotatable bonds is 8. The van der Waals surface area contributed by atoms with Gasteiger partial charge in [-0.1, -0.05) is 12.1 Å². The lowest BCUT2D eigenvalue weighted by molar-refractivity contribution is -0.318. The third-order valence-corrected chi connectivity index (χ3v) is 7.09. The number of hydrogen-bond donors (Lipinski definition) is 6. The van der Waals surface area contributed by atoms with E-state index in [2.05, 4.69) is 0 Å². The normalized spacial score (nSPS) is 32.3. The summed E-state index contributed by atoms with van der Waals surface area (Å²) in [7, 11) is 1.54. The van der Waals surface area contributed by atoms with Crippen molar-refractivity contribution < 1.29 is 58.7 Å². The van der Waals surface area contributed by atoms with Crippen LogP contribution in [0.5, 0.6) is 11.5 Å². The second-order valence-electron chi connectivity index (χ2n) is 9.68. The fourth-order valence-electron chi connectivity index (χ4n) is 4.65. The molecule has 3 aromatic rings. The lowest BCUT2D eigenvalue weighted by Gasteiger charge is -2.42. The molecule has 1 aromatic heterocycles. The highest BCUT2D eigenvalue weighted by Gasteiger charge is 2.53. The summed E-state index contributed by atoms with van der Waals surface area (Å²) in [6.07, 6.45) is -9.29. The third-order valence-electron chi connectivity index (χ3n) is 7.09. The van der Waals surface area contributed by atoms with Gasteiger partial charge in [0.05, 0.1) is 37.9 Å². The van der Waals surface area contributed by atoms with Crippen molar-refractivity contribution in [2.75, 3.05) is 26.9 Å². The molecule has 3 heterocycles. The van der Waals surface area contributed by atoms with Crippen molar-refractivity contribution in [3.8, 4) is 22.6 Å². The highest BCUT2D eigenvalue weighted by molar-refractivity contribution is 5.82. The molecule has 40 heavy (non-hydrogen) atoms. The van der Waals surface area contributed by atoms with E-state index in [9.17, 15) is 35.4 Å². The summed E-state index contributed by atoms with van der Waals surface area (Å²) in [5, 5.41) is 61.0. The second-order valence-corrected chi connectivity index (χ2v) is 9.68. The van der Waals surface area contributed by atoms with Crippen LogP contribution in [-0.2, 0) is 14.2 Å². The minimum Gasteiger partial charge on any atom is -0.497 e. The molecule has 0 amide bonds. The Morgan fingerprint density at radius 1 is 1.00 bits per heavy atom. The Kier molecular flexibility index (Phi) is 8.10. The molecule has 0 unspecified atom stereocenters. The Morgan fingerprint density at radius 2 is 1.73 bits per heavy atom. The first-order valence-corrected chi connectivity index (χ1v) is 12.5. The lowest BCUT2D eigenvalue weighted by atomic mass is 9.98. The van der Waals surface area contributed by atoms with Gasteiger partial charge in [-0.3, -0.25) is 4.79 Å². The molecule has 2 aromatic carbocycles. The molecule has 0 saturated carbocycles. The van der Waals surface area contributed by atoms with E-state index in [-0.39, 0.29) is 22.1 Å². The van der Waals surface area contributed by atoms with Crippen molar-refractivity contribution in [3.05, 3.63) is 59.0 Å². The number of ether oxygens (including phenoxy) is 5. The average molecular weight is 563 g/mol. The van der Waals surface area contributed by atoms with Gasteiger partial charge < -0.3 is 58.7 Å². The van der Waals surface area contributed by atoms with Gasteiger partial charge in [0, 0.05) is 6.07 Å². The van der Waals surface area contributed by atoms with Crippen molar-refractivity contribution in [2.24, 2.45) is 0 Å². The fourth-order valence-corrected chi connectivity index (χ4v) is 4.65. The molecular weight excluding hydrogens is 532 g/mol. The average Bonchev–Trinajstić information content (AvgIpc) is 3.26. The first-order chi connectivity index (χ1) is 19.2. The first kappa shape index (κ1) is 28.4. The smallest absolute Gasteiger partial charge is 0.229 e. The molecular formula is C27H30O13. The number of aliphatic hydroxyl groups excluding tert-OH is 5. The van der Waals surface area contributed by atoms with Gasteiger partial charge in [0.15, 0.2) is 17.8 Å². The van der Waals surface area contributed by atoms with Crippen LogP contribution < -0.4 is 14.9 Å². The summed E-state index contributed by atoms with van der Waals surface area (Å²) in [5.74, 6) is 0.772. The molecule has 2 aliphatic rings. The molecule has 2 saturated heterocycles. The number of aliphatic hydroxyl groups is 6. The van der Waals surface area contributed by atoms with E-state index in [1.165, 1.54) is 24.5 Å². The van der Waals surface area contributed by atoms with Gasteiger partial charge in [0.1, 0.15) is 53.4 Å². The summed E-state index contributed by atoms with van der Waals surface area (Å²) in [5.41, 5.74) is -1.10. The minimum atomic E-state index is -1.99. The maximum Gasteiger partial charge on any atom is 0.229 e. The first-order valence-electron chi connectivity index (χ1n) is 12.5. The van der Waals surface area contributed by atoms with Crippen LogP contribution in [0.15, 0.2) is 57.9 Å². The predicted molar refractivity (Wildman–Crippen MR) is 136 cm³/mol. The van der Waals surface area contributed by atoms with Gasteiger partial charge in [-0.2, -0.15) is 0 Å². The van der Waals surface area contributed by atoms with E-state index in [4.69, 9.17) is 28.1 Å². The number of hydrogen-bond acceptors (Lipinski definition) is 13. The molecule has 13 nitrogen and oxygen atoms in total. The Labute approximate surface area is 227 Å². The van der Waals surface area contributed by atoms with Crippen LogP contribution >= 0.6 is 0 Å². The number of methoxy groups -OCH3 is 1. The summed E-state index contributed by atoms with van der Waals surface area (Å²) < 4.78 is 33.3. The van der Waals surface area contributed by atoms with Crippen molar-refractivity contribution in [2.45, 2.75) is 48.7 Å². The van der Waals surface area contributed by atoms with E-state index < -0.39 is 68.5 Å². The highest BCUT2D eigenvalue weighted by Crippen LogP contribution is 2.33. The Bertz CT molecular complexity index is 1380. The number of fused-ring (bicyclic) bond motifs is 1. The van der Waals surface area contributed by atoms with Crippen molar-refractivity contribution in [1.29, 1.82) is 0 Å². The molecule has 13 heteroatoms. The summed E-state index contributed by atoms with van der Waals surface area (Å²) in [6.45, 7) is -1.91. The molecule has 8 atom stereocenters. The molecule has 0 aliphatic carbocycles. The van der Waals surface area contributed by atoms with Crippen LogP contribution in [0.3, 0.4) is 0 Å². The van der Waals surface area contributed by atoms with Crippen molar-refractivity contribution in [3.63, 3.8) is 0 Å². The molecule has 0 radical (unpaired) electrons. The van der Waals surface area contributed by atoms with E-state index in [1.54, 1.807) is 31.4 Å². The van der Waals surface area contributed by atoms with Gasteiger partial charge in [0.2, 0.25) is 6.29 Å². The molecule has 0 bridgehead atoms. The second kappa shape index (κ2) is 11.4. The zero-order valence-electron chi connectivity index (χ0n) is 21.3. The van der Waals surface area contributed by atoms with Crippen LogP contribution in [0, 0.1) is 0 Å². The van der Waals surface area contributed by atoms with Crippen LogP contribution in [0.25, 0.3) is 22.1 Å². The molecule has 2 fully saturated rings. The maximum atomic E-state index is 13.2. The summed E-state index contributed by atoms with van der Waals surface area (Å²) in [6, 6.07) is 11.3. The molecule has 216 valence electrons. The van der Waals surface area contributed by atoms with Crippen molar-refractivity contribution >= 4 is 11.0 Å². The van der Waals surface area contributed by atoms with E-state index in [1.807, 2.05) is 0 Å². The van der Waals surface area contributed by atoms with Crippen LogP contribution in [0.1, 0.15) is 0 Å². The monoisotopic (exact) mass is 562 g/mol. The largest absolute Gasteiger partial charge is 0.497 e. The predicted octanol–water partition coefficient (Wildman–Crippen LogP) is -0.888. The highest BCUT2D eigenvalue weighted by atomic mass is 16.8. The SMILES string of the molecule is COc1ccc(-c2coc3cc(O[C@@H]4O[C@@H](CO)[C@@H](O)[C@@H](O)[C@H]4O[C@H]4OC[C@](O)(CO)[C@H]4O)ccc3c2=O)cc1. The topological polar surface area (TPSA) is 198 Å².